The zero-order chi connectivity index (χ0) is 17.8. The summed E-state index contributed by atoms with van der Waals surface area (Å²) >= 11 is 0. The second-order valence-electron chi connectivity index (χ2n) is 8.25. The van der Waals surface area contributed by atoms with E-state index in [0.29, 0.717) is 16.9 Å². The van der Waals surface area contributed by atoms with Crippen LogP contribution < -0.4 is 5.32 Å². The van der Waals surface area contributed by atoms with Crippen molar-refractivity contribution < 1.29 is 14.3 Å². The molecule has 0 spiro atoms. The van der Waals surface area contributed by atoms with Crippen LogP contribution in [0.5, 0.6) is 0 Å². The Balaban J connectivity index is 2.57. The van der Waals surface area contributed by atoms with Gasteiger partial charge in [0.25, 0.3) is 0 Å². The number of nitrogens with one attached hydrogen (secondary N) is 1. The highest BCUT2D eigenvalue weighted by Crippen LogP contribution is 2.38. The Morgan fingerprint density at radius 2 is 1.65 bits per heavy atom. The van der Waals surface area contributed by atoms with Crippen LogP contribution in [-0.4, -0.2) is 24.0 Å². The zero-order valence-corrected chi connectivity index (χ0v) is 15.6. The number of carbonyl (C=O) groups is 2. The van der Waals surface area contributed by atoms with Crippen molar-refractivity contribution in [3.8, 4) is 0 Å². The standard InChI is InChI=1S/C19H33NO3/c1-12(2)16(20-17(21)13(3)4)18(22)23-15-10-8-14(9-11-15)19(5,6)7/h12,14-16H,3,8-11H2,1-2,4-7H3,(H,20,21)/t14?,15?,16-/m0/s1. The van der Waals surface area contributed by atoms with E-state index in [1.54, 1.807) is 6.92 Å². The Kier molecular flexibility index (Phi) is 6.84. The van der Waals surface area contributed by atoms with Gasteiger partial charge < -0.3 is 10.1 Å². The smallest absolute Gasteiger partial charge is 0.329 e. The van der Waals surface area contributed by atoms with Crippen molar-refractivity contribution in [2.75, 3.05) is 0 Å². The van der Waals surface area contributed by atoms with Crippen LogP contribution in [-0.2, 0) is 14.3 Å². The molecule has 1 aliphatic rings. The van der Waals surface area contributed by atoms with Crippen LogP contribution in [0.25, 0.3) is 0 Å². The van der Waals surface area contributed by atoms with Crippen LogP contribution in [0.3, 0.4) is 0 Å². The molecule has 1 atom stereocenters. The van der Waals surface area contributed by atoms with Gasteiger partial charge in [0.15, 0.2) is 0 Å². The summed E-state index contributed by atoms with van der Waals surface area (Å²) in [4.78, 5) is 24.2. The minimum Gasteiger partial charge on any atom is -0.461 e. The summed E-state index contributed by atoms with van der Waals surface area (Å²) < 4.78 is 5.67. The minimum atomic E-state index is -0.612. The van der Waals surface area contributed by atoms with Crippen molar-refractivity contribution >= 4 is 11.9 Å². The molecule has 1 fully saturated rings. The second kappa shape index (κ2) is 7.98. The highest BCUT2D eigenvalue weighted by Gasteiger charge is 2.33. The van der Waals surface area contributed by atoms with Gasteiger partial charge in [-0.1, -0.05) is 41.2 Å². The Bertz CT molecular complexity index is 440. The fourth-order valence-electron chi connectivity index (χ4n) is 3.05. The minimum absolute atomic E-state index is 0.0169. The van der Waals surface area contributed by atoms with Gasteiger partial charge in [-0.15, -0.1) is 0 Å². The summed E-state index contributed by atoms with van der Waals surface area (Å²) in [5, 5.41) is 2.73. The number of esters is 1. The van der Waals surface area contributed by atoms with E-state index in [0.717, 1.165) is 25.7 Å². The maximum Gasteiger partial charge on any atom is 0.329 e. The van der Waals surface area contributed by atoms with Crippen molar-refractivity contribution in [3.05, 3.63) is 12.2 Å². The Labute approximate surface area is 141 Å². The highest BCUT2D eigenvalue weighted by molar-refractivity contribution is 5.95. The summed E-state index contributed by atoms with van der Waals surface area (Å²) in [6.45, 7) is 15.9. The summed E-state index contributed by atoms with van der Waals surface area (Å²) in [5.41, 5.74) is 0.708. The molecule has 0 aromatic heterocycles. The topological polar surface area (TPSA) is 55.4 Å². The lowest BCUT2D eigenvalue weighted by Crippen LogP contribution is -2.46. The van der Waals surface area contributed by atoms with Gasteiger partial charge in [-0.3, -0.25) is 4.79 Å². The number of hydrogen-bond acceptors (Lipinski definition) is 3. The fourth-order valence-corrected chi connectivity index (χ4v) is 3.05. The molecule has 0 bridgehead atoms. The first-order chi connectivity index (χ1) is 10.5. The van der Waals surface area contributed by atoms with Gasteiger partial charge in [0, 0.05) is 5.57 Å². The predicted octanol–water partition coefficient (Wildman–Crippen LogP) is 3.85. The normalized spacial score (nSPS) is 23.3. The third-order valence-electron chi connectivity index (χ3n) is 4.78. The molecule has 0 aromatic carbocycles. The molecule has 1 aliphatic carbocycles. The van der Waals surface area contributed by atoms with Gasteiger partial charge in [-0.05, 0) is 49.9 Å². The van der Waals surface area contributed by atoms with Crippen LogP contribution in [0.2, 0.25) is 0 Å². The van der Waals surface area contributed by atoms with Crippen LogP contribution in [0.4, 0.5) is 0 Å². The number of amides is 1. The lowest BCUT2D eigenvalue weighted by atomic mass is 9.72. The Morgan fingerprint density at radius 1 is 1.13 bits per heavy atom. The van der Waals surface area contributed by atoms with E-state index in [1.165, 1.54) is 0 Å². The zero-order valence-electron chi connectivity index (χ0n) is 15.6. The molecule has 4 heteroatoms. The van der Waals surface area contributed by atoms with Crippen LogP contribution in [0.1, 0.15) is 67.2 Å². The fraction of sp³-hybridized carbons (Fsp3) is 0.789. The second-order valence-corrected chi connectivity index (χ2v) is 8.25. The average molecular weight is 323 g/mol. The van der Waals surface area contributed by atoms with E-state index in [-0.39, 0.29) is 23.9 Å². The van der Waals surface area contributed by atoms with Crippen molar-refractivity contribution in [3.63, 3.8) is 0 Å². The van der Waals surface area contributed by atoms with Crippen LogP contribution in [0, 0.1) is 17.3 Å². The lowest BCUT2D eigenvalue weighted by molar-refractivity contribution is -0.156. The van der Waals surface area contributed by atoms with E-state index >= 15 is 0 Å². The first-order valence-electron chi connectivity index (χ1n) is 8.69. The van der Waals surface area contributed by atoms with E-state index in [2.05, 4.69) is 32.7 Å². The summed E-state index contributed by atoms with van der Waals surface area (Å²) in [6, 6.07) is -0.612. The van der Waals surface area contributed by atoms with Crippen molar-refractivity contribution in [2.45, 2.75) is 79.4 Å². The van der Waals surface area contributed by atoms with Gasteiger partial charge in [0.1, 0.15) is 12.1 Å². The predicted molar refractivity (Wildman–Crippen MR) is 92.9 cm³/mol. The molecule has 23 heavy (non-hydrogen) atoms. The molecule has 0 radical (unpaired) electrons. The number of rotatable bonds is 5. The maximum atomic E-state index is 12.4. The molecule has 1 N–H and O–H groups in total. The van der Waals surface area contributed by atoms with E-state index in [4.69, 9.17) is 4.74 Å². The Morgan fingerprint density at radius 3 is 2.04 bits per heavy atom. The number of ether oxygens (including phenoxy) is 1. The lowest BCUT2D eigenvalue weighted by Gasteiger charge is -2.37. The SMILES string of the molecule is C=C(C)C(=O)N[C@H](C(=O)OC1CCC(C(C)(C)C)CC1)C(C)C. The molecular weight excluding hydrogens is 290 g/mol. The summed E-state index contributed by atoms with van der Waals surface area (Å²) in [5.74, 6) is 0.0454. The average Bonchev–Trinajstić information content (AvgIpc) is 2.43. The monoisotopic (exact) mass is 323 g/mol. The summed E-state index contributed by atoms with van der Waals surface area (Å²) in [7, 11) is 0. The molecule has 0 heterocycles. The third-order valence-corrected chi connectivity index (χ3v) is 4.78. The molecule has 0 saturated heterocycles. The van der Waals surface area contributed by atoms with Gasteiger partial charge in [-0.25, -0.2) is 4.79 Å². The highest BCUT2D eigenvalue weighted by atomic mass is 16.5. The van der Waals surface area contributed by atoms with Gasteiger partial charge in [0.2, 0.25) is 5.91 Å². The Hall–Kier alpha value is -1.32. The molecule has 0 aromatic rings. The third kappa shape index (κ3) is 6.00. The van der Waals surface area contributed by atoms with Crippen molar-refractivity contribution in [1.82, 2.24) is 5.32 Å². The largest absolute Gasteiger partial charge is 0.461 e. The van der Waals surface area contributed by atoms with Crippen molar-refractivity contribution in [2.24, 2.45) is 17.3 Å². The molecule has 1 rings (SSSR count). The molecule has 1 saturated carbocycles. The van der Waals surface area contributed by atoms with E-state index in [9.17, 15) is 9.59 Å². The van der Waals surface area contributed by atoms with Crippen LogP contribution >= 0.6 is 0 Å². The quantitative estimate of drug-likeness (QED) is 0.617. The molecule has 4 nitrogen and oxygen atoms in total. The number of carbonyl (C=O) groups excluding carboxylic acids is 2. The summed E-state index contributed by atoms with van der Waals surface area (Å²) in [6.07, 6.45) is 3.97. The molecular formula is C19H33NO3. The first kappa shape index (κ1) is 19.7. The molecule has 132 valence electrons. The maximum absolute atomic E-state index is 12.4. The van der Waals surface area contributed by atoms with E-state index < -0.39 is 6.04 Å². The van der Waals surface area contributed by atoms with Gasteiger partial charge >= 0.3 is 5.97 Å². The van der Waals surface area contributed by atoms with Crippen molar-refractivity contribution in [1.29, 1.82) is 0 Å². The molecule has 0 unspecified atom stereocenters. The van der Waals surface area contributed by atoms with Crippen LogP contribution in [0.15, 0.2) is 12.2 Å². The van der Waals surface area contributed by atoms with Gasteiger partial charge in [-0.2, -0.15) is 0 Å². The number of hydrogen-bond donors (Lipinski definition) is 1. The molecule has 1 amide bonds. The first-order valence-corrected chi connectivity index (χ1v) is 8.69. The van der Waals surface area contributed by atoms with E-state index in [1.807, 2.05) is 13.8 Å². The van der Waals surface area contributed by atoms with Gasteiger partial charge in [0.05, 0.1) is 0 Å². The molecule has 0 aliphatic heterocycles.